The van der Waals surface area contributed by atoms with Crippen molar-refractivity contribution in [2.24, 2.45) is 0 Å². The van der Waals surface area contributed by atoms with Gasteiger partial charge in [-0.3, -0.25) is 4.79 Å². The molecule has 138 valence electrons. The highest BCUT2D eigenvalue weighted by Crippen LogP contribution is 2.28. The first-order chi connectivity index (χ1) is 12.3. The third-order valence-electron chi connectivity index (χ3n) is 3.71. The molecule has 6 nitrogen and oxygen atoms in total. The summed E-state index contributed by atoms with van der Waals surface area (Å²) in [7, 11) is 2.97. The Kier molecular flexibility index (Phi) is 6.46. The molecular weight excluding hydrogens is 358 g/mol. The SMILES string of the molecule is COc1ccc(C(=O)O[C@@H](C)C(=O)Nc2ccc(C)c(Cl)c2)cc1OC. The Morgan fingerprint density at radius 1 is 1.04 bits per heavy atom. The van der Waals surface area contributed by atoms with Gasteiger partial charge in [-0.05, 0) is 49.7 Å². The zero-order chi connectivity index (χ0) is 19.3. The van der Waals surface area contributed by atoms with Gasteiger partial charge in [0.1, 0.15) is 0 Å². The minimum atomic E-state index is -0.990. The van der Waals surface area contributed by atoms with Crippen LogP contribution >= 0.6 is 11.6 Å². The van der Waals surface area contributed by atoms with E-state index in [1.165, 1.54) is 33.3 Å². The molecule has 0 aliphatic heterocycles. The van der Waals surface area contributed by atoms with Crippen LogP contribution in [0.3, 0.4) is 0 Å². The number of ether oxygens (including phenoxy) is 3. The first-order valence-electron chi connectivity index (χ1n) is 7.85. The number of anilines is 1. The average molecular weight is 378 g/mol. The van der Waals surface area contributed by atoms with Gasteiger partial charge in [-0.15, -0.1) is 0 Å². The van der Waals surface area contributed by atoms with Gasteiger partial charge in [-0.1, -0.05) is 17.7 Å². The van der Waals surface area contributed by atoms with E-state index >= 15 is 0 Å². The number of hydrogen-bond donors (Lipinski definition) is 1. The summed E-state index contributed by atoms with van der Waals surface area (Å²) in [6.07, 6.45) is -0.990. The standard InChI is InChI=1S/C19H20ClNO5/c1-11-5-7-14(10-15(11)20)21-18(22)12(2)26-19(23)13-6-8-16(24-3)17(9-13)25-4/h5-10,12H,1-4H3,(H,21,22)/t12-/m0/s1. The summed E-state index contributed by atoms with van der Waals surface area (Å²) in [6, 6.07) is 9.77. The van der Waals surface area contributed by atoms with E-state index in [9.17, 15) is 9.59 Å². The van der Waals surface area contributed by atoms with Crippen LogP contribution in [0.15, 0.2) is 36.4 Å². The highest BCUT2D eigenvalue weighted by Gasteiger charge is 2.20. The summed E-state index contributed by atoms with van der Waals surface area (Å²) < 4.78 is 15.5. The number of benzene rings is 2. The Labute approximate surface area is 157 Å². The number of nitrogens with one attached hydrogen (secondary N) is 1. The molecule has 1 N–H and O–H groups in total. The molecule has 7 heteroatoms. The lowest BCUT2D eigenvalue weighted by molar-refractivity contribution is -0.123. The summed E-state index contributed by atoms with van der Waals surface area (Å²) in [5.74, 6) is -0.214. The summed E-state index contributed by atoms with van der Waals surface area (Å²) in [6.45, 7) is 3.35. The molecular formula is C19H20ClNO5. The average Bonchev–Trinajstić information content (AvgIpc) is 2.63. The molecule has 0 heterocycles. The summed E-state index contributed by atoms with van der Waals surface area (Å²) >= 11 is 6.04. The van der Waals surface area contributed by atoms with Crippen LogP contribution < -0.4 is 14.8 Å². The van der Waals surface area contributed by atoms with Crippen LogP contribution in [-0.2, 0) is 9.53 Å². The van der Waals surface area contributed by atoms with E-state index in [0.29, 0.717) is 22.2 Å². The quantitative estimate of drug-likeness (QED) is 0.774. The molecule has 2 rings (SSSR count). The fourth-order valence-corrected chi connectivity index (χ4v) is 2.34. The first-order valence-corrected chi connectivity index (χ1v) is 8.23. The van der Waals surface area contributed by atoms with Crippen LogP contribution in [0, 0.1) is 6.92 Å². The Morgan fingerprint density at radius 2 is 1.73 bits per heavy atom. The summed E-state index contributed by atoms with van der Waals surface area (Å²) in [4.78, 5) is 24.5. The van der Waals surface area contributed by atoms with Crippen LogP contribution in [0.25, 0.3) is 0 Å². The molecule has 26 heavy (non-hydrogen) atoms. The molecule has 2 aromatic carbocycles. The lowest BCUT2D eigenvalue weighted by Gasteiger charge is -2.15. The predicted octanol–water partition coefficient (Wildman–Crippen LogP) is 3.85. The lowest BCUT2D eigenvalue weighted by atomic mass is 10.2. The monoisotopic (exact) mass is 377 g/mol. The van der Waals surface area contributed by atoms with E-state index in [1.54, 1.807) is 24.3 Å². The largest absolute Gasteiger partial charge is 0.493 e. The second-order valence-corrected chi connectivity index (χ2v) is 5.98. The van der Waals surface area contributed by atoms with Crippen LogP contribution in [0.1, 0.15) is 22.8 Å². The third kappa shape index (κ3) is 4.67. The van der Waals surface area contributed by atoms with Crippen molar-refractivity contribution in [3.05, 3.63) is 52.5 Å². The molecule has 0 aliphatic carbocycles. The van der Waals surface area contributed by atoms with Gasteiger partial charge in [0, 0.05) is 10.7 Å². The number of carbonyl (C=O) groups is 2. The Bertz CT molecular complexity index is 822. The maximum Gasteiger partial charge on any atom is 0.339 e. The van der Waals surface area contributed by atoms with E-state index < -0.39 is 18.0 Å². The molecule has 0 radical (unpaired) electrons. The molecule has 0 saturated heterocycles. The molecule has 0 spiro atoms. The summed E-state index contributed by atoms with van der Waals surface area (Å²) in [5, 5.41) is 3.20. The normalized spacial score (nSPS) is 11.4. The molecule has 2 aromatic rings. The number of rotatable bonds is 6. The smallest absolute Gasteiger partial charge is 0.339 e. The van der Waals surface area contributed by atoms with E-state index in [-0.39, 0.29) is 5.56 Å². The maximum atomic E-state index is 12.3. The fraction of sp³-hybridized carbons (Fsp3) is 0.263. The van der Waals surface area contributed by atoms with E-state index in [4.69, 9.17) is 25.8 Å². The van der Waals surface area contributed by atoms with Gasteiger partial charge in [0.05, 0.1) is 19.8 Å². The number of aryl methyl sites for hydroxylation is 1. The molecule has 1 amide bonds. The fourth-order valence-electron chi connectivity index (χ4n) is 2.16. The number of methoxy groups -OCH3 is 2. The molecule has 0 aliphatic rings. The number of amides is 1. The molecule has 0 aromatic heterocycles. The van der Waals surface area contributed by atoms with E-state index in [2.05, 4.69) is 5.32 Å². The number of hydrogen-bond acceptors (Lipinski definition) is 5. The predicted molar refractivity (Wildman–Crippen MR) is 99.2 cm³/mol. The van der Waals surface area contributed by atoms with Crippen molar-refractivity contribution in [3.8, 4) is 11.5 Å². The number of esters is 1. The van der Waals surface area contributed by atoms with Crippen molar-refractivity contribution in [2.45, 2.75) is 20.0 Å². The van der Waals surface area contributed by atoms with Crippen molar-refractivity contribution in [1.82, 2.24) is 0 Å². The lowest BCUT2D eigenvalue weighted by Crippen LogP contribution is -2.30. The number of halogens is 1. The van der Waals surface area contributed by atoms with Crippen LogP contribution in [0.4, 0.5) is 5.69 Å². The summed E-state index contributed by atoms with van der Waals surface area (Å²) in [5.41, 5.74) is 1.68. The van der Waals surface area contributed by atoms with Gasteiger partial charge in [0.2, 0.25) is 0 Å². The van der Waals surface area contributed by atoms with Crippen LogP contribution in [0.5, 0.6) is 11.5 Å². The van der Waals surface area contributed by atoms with Gasteiger partial charge >= 0.3 is 5.97 Å². The highest BCUT2D eigenvalue weighted by molar-refractivity contribution is 6.31. The van der Waals surface area contributed by atoms with Crippen molar-refractivity contribution >= 4 is 29.2 Å². The maximum absolute atomic E-state index is 12.3. The molecule has 1 atom stereocenters. The van der Waals surface area contributed by atoms with Crippen molar-refractivity contribution in [2.75, 3.05) is 19.5 Å². The molecule has 0 saturated carbocycles. The topological polar surface area (TPSA) is 73.9 Å². The first kappa shape index (κ1) is 19.6. The van der Waals surface area contributed by atoms with Gasteiger partial charge < -0.3 is 19.5 Å². The third-order valence-corrected chi connectivity index (χ3v) is 4.12. The van der Waals surface area contributed by atoms with Crippen molar-refractivity contribution in [3.63, 3.8) is 0 Å². The minimum absolute atomic E-state index is 0.251. The highest BCUT2D eigenvalue weighted by atomic mass is 35.5. The van der Waals surface area contributed by atoms with Gasteiger partial charge in [-0.2, -0.15) is 0 Å². The molecule has 0 bridgehead atoms. The second-order valence-electron chi connectivity index (χ2n) is 5.57. The molecule has 0 fully saturated rings. The minimum Gasteiger partial charge on any atom is -0.493 e. The zero-order valence-electron chi connectivity index (χ0n) is 15.0. The van der Waals surface area contributed by atoms with E-state index in [0.717, 1.165) is 5.56 Å². The van der Waals surface area contributed by atoms with Crippen molar-refractivity contribution in [1.29, 1.82) is 0 Å². The Balaban J connectivity index is 2.03. The van der Waals surface area contributed by atoms with Crippen LogP contribution in [-0.4, -0.2) is 32.2 Å². The van der Waals surface area contributed by atoms with Gasteiger partial charge in [0.25, 0.3) is 5.91 Å². The Morgan fingerprint density at radius 3 is 2.35 bits per heavy atom. The van der Waals surface area contributed by atoms with Crippen LogP contribution in [0.2, 0.25) is 5.02 Å². The molecule has 0 unspecified atom stereocenters. The zero-order valence-corrected chi connectivity index (χ0v) is 15.7. The van der Waals surface area contributed by atoms with Gasteiger partial charge in [0.15, 0.2) is 17.6 Å². The van der Waals surface area contributed by atoms with Gasteiger partial charge in [-0.25, -0.2) is 4.79 Å². The number of carbonyl (C=O) groups excluding carboxylic acids is 2. The van der Waals surface area contributed by atoms with E-state index in [1.807, 2.05) is 6.92 Å². The van der Waals surface area contributed by atoms with Crippen molar-refractivity contribution < 1.29 is 23.8 Å². The Hall–Kier alpha value is -2.73. The second kappa shape index (κ2) is 8.58.